The van der Waals surface area contributed by atoms with E-state index in [-0.39, 0.29) is 6.04 Å². The van der Waals surface area contributed by atoms with E-state index >= 15 is 0 Å². The summed E-state index contributed by atoms with van der Waals surface area (Å²) >= 11 is 1.51. The second-order valence-electron chi connectivity index (χ2n) is 3.65. The van der Waals surface area contributed by atoms with Gasteiger partial charge >= 0.3 is 0 Å². The molecule has 0 bridgehead atoms. The predicted octanol–water partition coefficient (Wildman–Crippen LogP) is 2.53. The van der Waals surface area contributed by atoms with Gasteiger partial charge in [0.25, 0.3) is 0 Å². The van der Waals surface area contributed by atoms with Crippen LogP contribution in [0, 0.1) is 0 Å². The number of nitrogens with zero attached hydrogens (tertiary/aromatic N) is 2. The van der Waals surface area contributed by atoms with E-state index in [4.69, 9.17) is 10.5 Å². The largest absolute Gasteiger partial charge is 0.486 e. The quantitative estimate of drug-likeness (QED) is 0.884. The Bertz CT molecular complexity index is 458. The summed E-state index contributed by atoms with van der Waals surface area (Å²) in [5.41, 5.74) is 5.88. The van der Waals surface area contributed by atoms with Crippen LogP contribution in [0.1, 0.15) is 29.4 Å². The first-order valence-electron chi connectivity index (χ1n) is 5.55. The van der Waals surface area contributed by atoms with Crippen LogP contribution in [0.2, 0.25) is 0 Å². The highest BCUT2D eigenvalue weighted by Crippen LogP contribution is 2.19. The maximum absolute atomic E-state index is 5.88. The molecule has 1 heterocycles. The Morgan fingerprint density at radius 3 is 2.76 bits per heavy atom. The number of benzene rings is 1. The molecule has 17 heavy (non-hydrogen) atoms. The van der Waals surface area contributed by atoms with Crippen molar-refractivity contribution in [2.75, 3.05) is 0 Å². The molecule has 4 nitrogen and oxygen atoms in total. The van der Waals surface area contributed by atoms with Gasteiger partial charge < -0.3 is 10.5 Å². The number of aromatic nitrogens is 2. The third kappa shape index (κ3) is 3.25. The lowest BCUT2D eigenvalue weighted by Gasteiger charge is -2.02. The lowest BCUT2D eigenvalue weighted by molar-refractivity contribution is 0.304. The zero-order chi connectivity index (χ0) is 12.1. The van der Waals surface area contributed by atoms with Crippen molar-refractivity contribution >= 4 is 11.3 Å². The topological polar surface area (TPSA) is 61.0 Å². The minimum Gasteiger partial charge on any atom is -0.486 e. The second kappa shape index (κ2) is 5.75. The van der Waals surface area contributed by atoms with Gasteiger partial charge in [-0.2, -0.15) is 0 Å². The molecule has 0 saturated heterocycles. The summed E-state index contributed by atoms with van der Waals surface area (Å²) < 4.78 is 5.59. The van der Waals surface area contributed by atoms with Crippen LogP contribution in [0.25, 0.3) is 0 Å². The van der Waals surface area contributed by atoms with Crippen molar-refractivity contribution in [1.82, 2.24) is 10.2 Å². The molecule has 1 unspecified atom stereocenters. The maximum Gasteiger partial charge on any atom is 0.155 e. The van der Waals surface area contributed by atoms with Crippen molar-refractivity contribution in [3.8, 4) is 5.75 Å². The normalized spacial score (nSPS) is 12.4. The fourth-order valence-corrected chi connectivity index (χ4v) is 2.15. The average molecular weight is 249 g/mol. The first-order valence-corrected chi connectivity index (χ1v) is 6.37. The SMILES string of the molecule is CCC(N)c1nnc(COc2ccccc2)s1. The van der Waals surface area contributed by atoms with Crippen molar-refractivity contribution in [3.05, 3.63) is 40.3 Å². The van der Waals surface area contributed by atoms with Crippen LogP contribution in [-0.2, 0) is 6.61 Å². The minimum atomic E-state index is -0.0158. The first kappa shape index (κ1) is 12.0. The molecular formula is C12H15N3OS. The van der Waals surface area contributed by atoms with E-state index in [1.165, 1.54) is 11.3 Å². The van der Waals surface area contributed by atoms with Crippen LogP contribution in [-0.4, -0.2) is 10.2 Å². The molecule has 90 valence electrons. The molecule has 5 heteroatoms. The molecule has 0 amide bonds. The zero-order valence-electron chi connectivity index (χ0n) is 9.67. The molecular weight excluding hydrogens is 234 g/mol. The van der Waals surface area contributed by atoms with Crippen LogP contribution in [0.4, 0.5) is 0 Å². The Kier molecular flexibility index (Phi) is 4.06. The molecule has 1 atom stereocenters. The summed E-state index contributed by atoms with van der Waals surface area (Å²) in [5, 5.41) is 9.86. The van der Waals surface area contributed by atoms with E-state index in [0.717, 1.165) is 22.2 Å². The van der Waals surface area contributed by atoms with Crippen LogP contribution < -0.4 is 10.5 Å². The monoisotopic (exact) mass is 249 g/mol. The van der Waals surface area contributed by atoms with E-state index in [2.05, 4.69) is 10.2 Å². The molecule has 0 aliphatic heterocycles. The molecule has 0 saturated carbocycles. The Morgan fingerprint density at radius 1 is 1.29 bits per heavy atom. The van der Waals surface area contributed by atoms with E-state index < -0.39 is 0 Å². The van der Waals surface area contributed by atoms with Crippen molar-refractivity contribution in [1.29, 1.82) is 0 Å². The smallest absolute Gasteiger partial charge is 0.155 e. The van der Waals surface area contributed by atoms with Gasteiger partial charge in [0.1, 0.15) is 17.4 Å². The molecule has 0 aliphatic carbocycles. The third-order valence-corrected chi connectivity index (χ3v) is 3.37. The summed E-state index contributed by atoms with van der Waals surface area (Å²) in [4.78, 5) is 0. The summed E-state index contributed by atoms with van der Waals surface area (Å²) in [6.45, 7) is 2.48. The Balaban J connectivity index is 1.94. The average Bonchev–Trinajstić information content (AvgIpc) is 2.85. The van der Waals surface area contributed by atoms with Crippen molar-refractivity contribution in [2.45, 2.75) is 26.0 Å². The molecule has 1 aromatic heterocycles. The third-order valence-electron chi connectivity index (χ3n) is 2.35. The minimum absolute atomic E-state index is 0.0158. The standard InChI is InChI=1S/C12H15N3OS/c1-2-10(13)12-15-14-11(17-12)8-16-9-6-4-3-5-7-9/h3-7,10H,2,8,13H2,1H3. The van der Waals surface area contributed by atoms with E-state index in [0.29, 0.717) is 6.61 Å². The number of para-hydroxylation sites is 1. The van der Waals surface area contributed by atoms with Crippen molar-refractivity contribution < 1.29 is 4.74 Å². The van der Waals surface area contributed by atoms with Gasteiger partial charge in [-0.25, -0.2) is 0 Å². The van der Waals surface area contributed by atoms with Gasteiger partial charge in [-0.1, -0.05) is 36.5 Å². The van der Waals surface area contributed by atoms with Gasteiger partial charge in [0, 0.05) is 0 Å². The van der Waals surface area contributed by atoms with Crippen molar-refractivity contribution in [2.24, 2.45) is 5.73 Å². The fraction of sp³-hybridized carbons (Fsp3) is 0.333. The number of ether oxygens (including phenoxy) is 1. The molecule has 0 fully saturated rings. The van der Waals surface area contributed by atoms with Crippen molar-refractivity contribution in [3.63, 3.8) is 0 Å². The van der Waals surface area contributed by atoms with Crippen LogP contribution in [0.3, 0.4) is 0 Å². The van der Waals surface area contributed by atoms with Gasteiger partial charge in [0.2, 0.25) is 0 Å². The van der Waals surface area contributed by atoms with Crippen LogP contribution in [0.5, 0.6) is 5.75 Å². The van der Waals surface area contributed by atoms with Gasteiger partial charge in [-0.3, -0.25) is 0 Å². The Hall–Kier alpha value is -1.46. The first-order chi connectivity index (χ1) is 8.29. The number of hydrogen-bond donors (Lipinski definition) is 1. The highest BCUT2D eigenvalue weighted by atomic mass is 32.1. The zero-order valence-corrected chi connectivity index (χ0v) is 10.5. The molecule has 2 rings (SSSR count). The molecule has 2 N–H and O–H groups in total. The lowest BCUT2D eigenvalue weighted by Crippen LogP contribution is -2.07. The maximum atomic E-state index is 5.88. The molecule has 1 aromatic carbocycles. The molecule has 0 aliphatic rings. The summed E-state index contributed by atoms with van der Waals surface area (Å²) in [7, 11) is 0. The summed E-state index contributed by atoms with van der Waals surface area (Å²) in [6, 6.07) is 9.65. The van der Waals surface area contributed by atoms with Gasteiger partial charge in [0.05, 0.1) is 6.04 Å². The molecule has 0 radical (unpaired) electrons. The van der Waals surface area contributed by atoms with E-state index in [1.54, 1.807) is 0 Å². The van der Waals surface area contributed by atoms with Gasteiger partial charge in [-0.15, -0.1) is 10.2 Å². The van der Waals surface area contributed by atoms with Crippen LogP contribution >= 0.6 is 11.3 Å². The lowest BCUT2D eigenvalue weighted by atomic mass is 10.3. The highest BCUT2D eigenvalue weighted by molar-refractivity contribution is 7.11. The van der Waals surface area contributed by atoms with E-state index in [9.17, 15) is 0 Å². The van der Waals surface area contributed by atoms with Gasteiger partial charge in [-0.05, 0) is 18.6 Å². The second-order valence-corrected chi connectivity index (χ2v) is 4.74. The summed E-state index contributed by atoms with van der Waals surface area (Å²) in [6.07, 6.45) is 0.869. The molecule has 0 spiro atoms. The fourth-order valence-electron chi connectivity index (χ4n) is 1.31. The van der Waals surface area contributed by atoms with Crippen LogP contribution in [0.15, 0.2) is 30.3 Å². The number of rotatable bonds is 5. The number of nitrogens with two attached hydrogens (primary N) is 1. The predicted molar refractivity (Wildman–Crippen MR) is 67.9 cm³/mol. The van der Waals surface area contributed by atoms with E-state index in [1.807, 2.05) is 37.3 Å². The Labute approximate surface area is 104 Å². The summed E-state index contributed by atoms with van der Waals surface area (Å²) in [5.74, 6) is 0.837. The number of hydrogen-bond acceptors (Lipinski definition) is 5. The van der Waals surface area contributed by atoms with Gasteiger partial charge in [0.15, 0.2) is 5.01 Å². The Morgan fingerprint density at radius 2 is 2.06 bits per heavy atom. The molecule has 2 aromatic rings. The highest BCUT2D eigenvalue weighted by Gasteiger charge is 2.10.